The van der Waals surface area contributed by atoms with Gasteiger partial charge in [0, 0.05) is 30.6 Å². The number of nitrogens with one attached hydrogen (secondary N) is 1. The zero-order valence-corrected chi connectivity index (χ0v) is 15.8. The minimum atomic E-state index is -0.667. The van der Waals surface area contributed by atoms with Crippen molar-refractivity contribution in [2.24, 2.45) is 5.41 Å². The molecule has 0 bridgehead atoms. The molecule has 1 aromatic rings. The Balaban J connectivity index is 1.76. The van der Waals surface area contributed by atoms with E-state index in [0.29, 0.717) is 32.2 Å². The summed E-state index contributed by atoms with van der Waals surface area (Å²) >= 11 is 0. The van der Waals surface area contributed by atoms with Gasteiger partial charge in [-0.05, 0) is 32.0 Å². The van der Waals surface area contributed by atoms with Gasteiger partial charge in [0.2, 0.25) is 5.91 Å². The molecular formula is C19H30N4O3. The molecule has 2 aliphatic rings. The van der Waals surface area contributed by atoms with Crippen molar-refractivity contribution < 1.29 is 14.3 Å². The van der Waals surface area contributed by atoms with Gasteiger partial charge in [0.25, 0.3) is 0 Å². The van der Waals surface area contributed by atoms with Crippen LogP contribution in [0.1, 0.15) is 50.8 Å². The van der Waals surface area contributed by atoms with Crippen LogP contribution in [0.15, 0.2) is 12.3 Å². The molecule has 0 aliphatic carbocycles. The number of hydrogen-bond donors (Lipinski definition) is 1. The lowest BCUT2D eigenvalue weighted by atomic mass is 9.84. The molecular weight excluding hydrogens is 332 g/mol. The number of ether oxygens (including phenoxy) is 1. The van der Waals surface area contributed by atoms with Crippen LogP contribution in [0.2, 0.25) is 0 Å². The molecule has 3 heterocycles. The smallest absolute Gasteiger partial charge is 0.224 e. The molecule has 1 N–H and O–H groups in total. The Morgan fingerprint density at radius 1 is 1.38 bits per heavy atom. The fourth-order valence-electron chi connectivity index (χ4n) is 3.75. The largest absolute Gasteiger partial charge is 0.378 e. The molecule has 1 atom stereocenters. The predicted molar refractivity (Wildman–Crippen MR) is 98.0 cm³/mol. The lowest BCUT2D eigenvalue weighted by Gasteiger charge is -2.33. The summed E-state index contributed by atoms with van der Waals surface area (Å²) < 4.78 is 7.16. The summed E-state index contributed by atoms with van der Waals surface area (Å²) in [6.07, 6.45) is 5.30. The molecule has 0 aromatic carbocycles. The number of amides is 1. The summed E-state index contributed by atoms with van der Waals surface area (Å²) in [7, 11) is 0. The Morgan fingerprint density at radius 2 is 2.08 bits per heavy atom. The lowest BCUT2D eigenvalue weighted by molar-refractivity contribution is -0.137. The van der Waals surface area contributed by atoms with Gasteiger partial charge in [-0.25, -0.2) is 0 Å². The molecule has 26 heavy (non-hydrogen) atoms. The van der Waals surface area contributed by atoms with E-state index >= 15 is 0 Å². The monoisotopic (exact) mass is 362 g/mol. The number of carbonyl (C=O) groups excluding carboxylic acids is 2. The highest BCUT2D eigenvalue weighted by atomic mass is 16.5. The van der Waals surface area contributed by atoms with Crippen LogP contribution in [-0.4, -0.2) is 66.3 Å². The van der Waals surface area contributed by atoms with Crippen LogP contribution in [0.5, 0.6) is 0 Å². The SMILES string of the molecule is CC(C)(C=O)C(CC(=O)N1CCOCC1)n1ccc(C2CCNCC2)n1. The van der Waals surface area contributed by atoms with Crippen LogP contribution >= 0.6 is 0 Å². The van der Waals surface area contributed by atoms with Gasteiger partial charge in [0.1, 0.15) is 6.29 Å². The molecule has 2 saturated heterocycles. The molecule has 1 unspecified atom stereocenters. The molecule has 2 aliphatic heterocycles. The van der Waals surface area contributed by atoms with Crippen molar-refractivity contribution in [3.05, 3.63) is 18.0 Å². The van der Waals surface area contributed by atoms with E-state index in [-0.39, 0.29) is 18.4 Å². The maximum absolute atomic E-state index is 12.8. The topological polar surface area (TPSA) is 76.5 Å². The first kappa shape index (κ1) is 19.0. The van der Waals surface area contributed by atoms with Gasteiger partial charge >= 0.3 is 0 Å². The van der Waals surface area contributed by atoms with Crippen LogP contribution in [0, 0.1) is 5.41 Å². The Kier molecular flexibility index (Phi) is 6.09. The van der Waals surface area contributed by atoms with Gasteiger partial charge in [-0.2, -0.15) is 5.10 Å². The first-order valence-electron chi connectivity index (χ1n) is 9.59. The summed E-state index contributed by atoms with van der Waals surface area (Å²) in [6.45, 7) is 8.17. The number of morpholine rings is 1. The molecule has 0 spiro atoms. The minimum Gasteiger partial charge on any atom is -0.378 e. The van der Waals surface area contributed by atoms with E-state index in [1.807, 2.05) is 35.7 Å². The maximum Gasteiger partial charge on any atom is 0.224 e. The summed E-state index contributed by atoms with van der Waals surface area (Å²) in [5, 5.41) is 8.15. The number of rotatable bonds is 6. The number of hydrogen-bond acceptors (Lipinski definition) is 5. The summed E-state index contributed by atoms with van der Waals surface area (Å²) in [5.41, 5.74) is 0.399. The lowest BCUT2D eigenvalue weighted by Crippen LogP contribution is -2.43. The average molecular weight is 362 g/mol. The van der Waals surface area contributed by atoms with E-state index in [1.54, 1.807) is 0 Å². The maximum atomic E-state index is 12.8. The summed E-state index contributed by atoms with van der Waals surface area (Å²) in [6, 6.07) is 1.76. The summed E-state index contributed by atoms with van der Waals surface area (Å²) in [5.74, 6) is 0.513. The number of aromatic nitrogens is 2. The molecule has 0 saturated carbocycles. The van der Waals surface area contributed by atoms with Crippen molar-refractivity contribution in [3.8, 4) is 0 Å². The Bertz CT molecular complexity index is 616. The molecule has 1 aromatic heterocycles. The third-order valence-electron chi connectivity index (χ3n) is 5.60. The van der Waals surface area contributed by atoms with E-state index in [2.05, 4.69) is 5.32 Å². The number of piperidine rings is 1. The van der Waals surface area contributed by atoms with E-state index in [9.17, 15) is 9.59 Å². The highest BCUT2D eigenvalue weighted by Gasteiger charge is 2.35. The van der Waals surface area contributed by atoms with Crippen LogP contribution in [0.3, 0.4) is 0 Å². The van der Waals surface area contributed by atoms with E-state index < -0.39 is 5.41 Å². The Morgan fingerprint density at radius 3 is 2.73 bits per heavy atom. The third-order valence-corrected chi connectivity index (χ3v) is 5.60. The van der Waals surface area contributed by atoms with E-state index in [0.717, 1.165) is 37.9 Å². The van der Waals surface area contributed by atoms with Gasteiger partial charge in [-0.3, -0.25) is 9.48 Å². The fraction of sp³-hybridized carbons (Fsp3) is 0.737. The number of aldehydes is 1. The quantitative estimate of drug-likeness (QED) is 0.774. The van der Waals surface area contributed by atoms with Crippen molar-refractivity contribution >= 4 is 12.2 Å². The average Bonchev–Trinajstić information content (AvgIpc) is 3.17. The second-order valence-corrected chi connectivity index (χ2v) is 7.90. The third kappa shape index (κ3) is 4.32. The van der Waals surface area contributed by atoms with Crippen molar-refractivity contribution in [2.75, 3.05) is 39.4 Å². The van der Waals surface area contributed by atoms with Crippen molar-refractivity contribution in [3.63, 3.8) is 0 Å². The molecule has 2 fully saturated rings. The van der Waals surface area contributed by atoms with Gasteiger partial charge in [-0.1, -0.05) is 13.8 Å². The van der Waals surface area contributed by atoms with Crippen molar-refractivity contribution in [1.82, 2.24) is 20.0 Å². The van der Waals surface area contributed by atoms with Crippen LogP contribution in [-0.2, 0) is 14.3 Å². The highest BCUT2D eigenvalue weighted by molar-refractivity contribution is 5.77. The van der Waals surface area contributed by atoms with Crippen molar-refractivity contribution in [2.45, 2.75) is 45.1 Å². The van der Waals surface area contributed by atoms with Crippen LogP contribution < -0.4 is 5.32 Å². The minimum absolute atomic E-state index is 0.0622. The van der Waals surface area contributed by atoms with Crippen LogP contribution in [0.25, 0.3) is 0 Å². The molecule has 1 amide bonds. The highest BCUT2D eigenvalue weighted by Crippen LogP contribution is 2.33. The van der Waals surface area contributed by atoms with E-state index in [4.69, 9.17) is 9.84 Å². The second-order valence-electron chi connectivity index (χ2n) is 7.90. The Labute approximate surface area is 155 Å². The van der Waals surface area contributed by atoms with Gasteiger partial charge in [0.15, 0.2) is 0 Å². The van der Waals surface area contributed by atoms with Crippen LogP contribution in [0.4, 0.5) is 0 Å². The predicted octanol–water partition coefficient (Wildman–Crippen LogP) is 1.37. The molecule has 144 valence electrons. The van der Waals surface area contributed by atoms with E-state index in [1.165, 1.54) is 0 Å². The molecule has 7 nitrogen and oxygen atoms in total. The molecule has 7 heteroatoms. The summed E-state index contributed by atoms with van der Waals surface area (Å²) in [4.78, 5) is 26.3. The standard InChI is InChI=1S/C19H30N4O3/c1-19(2,14-24)17(13-18(25)22-9-11-26-12-10-22)23-8-5-16(21-23)15-3-6-20-7-4-15/h5,8,14-15,17,20H,3-4,6-7,9-13H2,1-2H3. The fourth-order valence-corrected chi connectivity index (χ4v) is 3.75. The first-order chi connectivity index (χ1) is 12.5. The van der Waals surface area contributed by atoms with Gasteiger partial charge in [-0.15, -0.1) is 0 Å². The Hall–Kier alpha value is -1.73. The van der Waals surface area contributed by atoms with Crippen molar-refractivity contribution in [1.29, 1.82) is 0 Å². The normalized spacial score (nSPS) is 20.8. The zero-order chi connectivity index (χ0) is 18.6. The first-order valence-corrected chi connectivity index (χ1v) is 9.59. The van der Waals surface area contributed by atoms with Gasteiger partial charge < -0.3 is 19.7 Å². The zero-order valence-electron chi connectivity index (χ0n) is 15.8. The number of carbonyl (C=O) groups is 2. The number of nitrogens with zero attached hydrogens (tertiary/aromatic N) is 3. The molecule has 0 radical (unpaired) electrons. The second kappa shape index (κ2) is 8.31. The molecule has 3 rings (SSSR count). The van der Waals surface area contributed by atoms with Gasteiger partial charge in [0.05, 0.1) is 31.4 Å².